The molecule has 0 fully saturated rings. The van der Waals surface area contributed by atoms with Gasteiger partial charge in [-0.2, -0.15) is 0 Å². The summed E-state index contributed by atoms with van der Waals surface area (Å²) >= 11 is 1.39. The van der Waals surface area contributed by atoms with Crippen LogP contribution in [0.25, 0.3) is 10.2 Å². The maximum Gasteiger partial charge on any atom is 0.255 e. The van der Waals surface area contributed by atoms with Crippen molar-refractivity contribution < 1.29 is 4.79 Å². The third kappa shape index (κ3) is 3.01. The van der Waals surface area contributed by atoms with Gasteiger partial charge in [0.15, 0.2) is 5.13 Å². The third-order valence-corrected chi connectivity index (χ3v) is 5.79. The van der Waals surface area contributed by atoms with Gasteiger partial charge in [-0.3, -0.25) is 4.79 Å². The second-order valence-electron chi connectivity index (χ2n) is 6.81. The molecule has 136 valence electrons. The van der Waals surface area contributed by atoms with E-state index in [0.717, 1.165) is 27.0 Å². The first kappa shape index (κ1) is 18.2. The fraction of sp³-hybridized carbons (Fsp3) is 0.300. The number of nitrogens with two attached hydrogens (primary N) is 1. The Morgan fingerprint density at radius 1 is 1.08 bits per heavy atom. The van der Waals surface area contributed by atoms with E-state index in [4.69, 9.17) is 5.73 Å². The number of fused-ring (bicyclic) bond motifs is 1. The molecule has 0 bridgehead atoms. The predicted octanol–water partition coefficient (Wildman–Crippen LogP) is 4.43. The van der Waals surface area contributed by atoms with Crippen molar-refractivity contribution in [2.45, 2.75) is 27.7 Å². The number of benzene rings is 2. The highest BCUT2D eigenvalue weighted by Gasteiger charge is 2.18. The normalized spacial score (nSPS) is 11.0. The average Bonchev–Trinajstić information content (AvgIpc) is 2.95. The number of rotatable bonds is 3. The van der Waals surface area contributed by atoms with E-state index in [0.29, 0.717) is 10.7 Å². The number of thiazole rings is 1. The predicted molar refractivity (Wildman–Crippen MR) is 112 cm³/mol. The van der Waals surface area contributed by atoms with Gasteiger partial charge in [-0.05, 0) is 68.1 Å². The zero-order valence-corrected chi connectivity index (χ0v) is 16.8. The van der Waals surface area contributed by atoms with E-state index in [1.807, 2.05) is 26.2 Å². The molecular formula is C20H24N4OS. The summed E-state index contributed by atoms with van der Waals surface area (Å²) in [6.07, 6.45) is 0. The lowest BCUT2D eigenvalue weighted by atomic mass is 9.95. The average molecular weight is 369 g/mol. The van der Waals surface area contributed by atoms with Gasteiger partial charge < -0.3 is 16.0 Å². The molecule has 0 aliphatic heterocycles. The molecule has 0 aliphatic rings. The summed E-state index contributed by atoms with van der Waals surface area (Å²) < 4.78 is 0.916. The van der Waals surface area contributed by atoms with E-state index in [9.17, 15) is 4.79 Å². The van der Waals surface area contributed by atoms with Crippen LogP contribution in [0.3, 0.4) is 0 Å². The zero-order chi connectivity index (χ0) is 19.2. The molecule has 1 aromatic heterocycles. The molecule has 1 amide bonds. The summed E-state index contributed by atoms with van der Waals surface area (Å²) in [5.41, 5.74) is 13.8. The summed E-state index contributed by atoms with van der Waals surface area (Å²) in [6.45, 7) is 8.30. The van der Waals surface area contributed by atoms with Gasteiger partial charge in [0.2, 0.25) is 0 Å². The molecule has 2 aromatic carbocycles. The summed E-state index contributed by atoms with van der Waals surface area (Å²) in [7, 11) is 4.09. The molecule has 0 aliphatic carbocycles. The fourth-order valence-corrected chi connectivity index (χ4v) is 4.19. The van der Waals surface area contributed by atoms with Crippen LogP contribution in [0.5, 0.6) is 0 Å². The highest BCUT2D eigenvalue weighted by atomic mass is 32.1. The molecule has 0 saturated carbocycles. The summed E-state index contributed by atoms with van der Waals surface area (Å²) in [4.78, 5) is 19.2. The standard InChI is InChI=1S/C20H24N4OS/c1-10-12(3)18(24(5)6)13(4)11(2)17(10)23-19(25)14-7-8-15-16(9-14)26-20(21)22-15/h7-9H,1-6H3,(H2,21,22)(H,23,25). The van der Waals surface area contributed by atoms with Gasteiger partial charge in [-0.1, -0.05) is 11.3 Å². The molecule has 0 unspecified atom stereocenters. The second-order valence-corrected chi connectivity index (χ2v) is 7.87. The van der Waals surface area contributed by atoms with Gasteiger partial charge in [0.1, 0.15) is 0 Å². The maximum atomic E-state index is 12.8. The Morgan fingerprint density at radius 3 is 2.27 bits per heavy atom. The van der Waals surface area contributed by atoms with Crippen LogP contribution in [0.2, 0.25) is 0 Å². The number of hydrogen-bond donors (Lipinski definition) is 2. The van der Waals surface area contributed by atoms with Crippen molar-refractivity contribution in [2.24, 2.45) is 0 Å². The number of carbonyl (C=O) groups excluding carboxylic acids is 1. The van der Waals surface area contributed by atoms with Crippen LogP contribution in [0.1, 0.15) is 32.6 Å². The monoisotopic (exact) mass is 368 g/mol. The van der Waals surface area contributed by atoms with Crippen molar-refractivity contribution in [3.63, 3.8) is 0 Å². The van der Waals surface area contributed by atoms with E-state index in [-0.39, 0.29) is 5.91 Å². The fourth-order valence-electron chi connectivity index (χ4n) is 3.42. The summed E-state index contributed by atoms with van der Waals surface area (Å²) in [6, 6.07) is 5.47. The molecule has 26 heavy (non-hydrogen) atoms. The SMILES string of the molecule is Cc1c(C)c(N(C)C)c(C)c(C)c1NC(=O)c1ccc2nc(N)sc2c1. The quantitative estimate of drug-likeness (QED) is 0.717. The molecule has 3 rings (SSSR count). The topological polar surface area (TPSA) is 71.2 Å². The van der Waals surface area contributed by atoms with Gasteiger partial charge in [-0.15, -0.1) is 0 Å². The largest absolute Gasteiger partial charge is 0.377 e. The molecular weight excluding hydrogens is 344 g/mol. The zero-order valence-electron chi connectivity index (χ0n) is 16.0. The van der Waals surface area contributed by atoms with Crippen LogP contribution < -0.4 is 16.0 Å². The lowest BCUT2D eigenvalue weighted by molar-refractivity contribution is 0.102. The first-order valence-electron chi connectivity index (χ1n) is 8.45. The number of aromatic nitrogens is 1. The smallest absolute Gasteiger partial charge is 0.255 e. The third-order valence-electron chi connectivity index (χ3n) is 4.94. The molecule has 3 aromatic rings. The van der Waals surface area contributed by atoms with E-state index in [1.165, 1.54) is 28.2 Å². The molecule has 0 atom stereocenters. The maximum absolute atomic E-state index is 12.8. The Morgan fingerprint density at radius 2 is 1.69 bits per heavy atom. The molecule has 0 saturated heterocycles. The number of nitrogen functional groups attached to an aromatic ring is 1. The Kier molecular flexibility index (Phi) is 4.63. The first-order valence-corrected chi connectivity index (χ1v) is 9.27. The van der Waals surface area contributed by atoms with E-state index in [1.54, 1.807) is 6.07 Å². The minimum Gasteiger partial charge on any atom is -0.377 e. The Labute approximate surface area is 157 Å². The van der Waals surface area contributed by atoms with Gasteiger partial charge in [0.05, 0.1) is 10.2 Å². The molecule has 0 radical (unpaired) electrons. The molecule has 3 N–H and O–H groups in total. The van der Waals surface area contributed by atoms with Crippen LogP contribution >= 0.6 is 11.3 Å². The molecule has 0 spiro atoms. The number of hydrogen-bond acceptors (Lipinski definition) is 5. The number of nitrogens with zero attached hydrogens (tertiary/aromatic N) is 2. The van der Waals surface area contributed by atoms with Gasteiger partial charge >= 0.3 is 0 Å². The van der Waals surface area contributed by atoms with Crippen LogP contribution in [-0.4, -0.2) is 25.0 Å². The minimum atomic E-state index is -0.124. The lowest BCUT2D eigenvalue weighted by Crippen LogP contribution is -2.18. The Hall–Kier alpha value is -2.60. The van der Waals surface area contributed by atoms with Crippen molar-refractivity contribution in [3.05, 3.63) is 46.0 Å². The van der Waals surface area contributed by atoms with Crippen LogP contribution in [0.15, 0.2) is 18.2 Å². The first-order chi connectivity index (χ1) is 12.2. The number of anilines is 3. The number of nitrogens with one attached hydrogen (secondary N) is 1. The van der Waals surface area contributed by atoms with Crippen LogP contribution in [0.4, 0.5) is 16.5 Å². The van der Waals surface area contributed by atoms with Gasteiger partial charge in [-0.25, -0.2) is 4.98 Å². The van der Waals surface area contributed by atoms with Crippen molar-refractivity contribution in [1.82, 2.24) is 4.98 Å². The van der Waals surface area contributed by atoms with Crippen molar-refractivity contribution in [3.8, 4) is 0 Å². The van der Waals surface area contributed by atoms with Crippen molar-refractivity contribution >= 4 is 44.0 Å². The summed E-state index contributed by atoms with van der Waals surface area (Å²) in [5, 5.41) is 3.62. The summed E-state index contributed by atoms with van der Waals surface area (Å²) in [5.74, 6) is -0.124. The van der Waals surface area contributed by atoms with Crippen LogP contribution in [-0.2, 0) is 0 Å². The Balaban J connectivity index is 2.00. The van der Waals surface area contributed by atoms with Crippen molar-refractivity contribution in [1.29, 1.82) is 0 Å². The van der Waals surface area contributed by atoms with E-state index >= 15 is 0 Å². The highest BCUT2D eigenvalue weighted by Crippen LogP contribution is 2.36. The lowest BCUT2D eigenvalue weighted by Gasteiger charge is -2.25. The number of carbonyl (C=O) groups is 1. The Bertz CT molecular complexity index is 991. The van der Waals surface area contributed by atoms with E-state index < -0.39 is 0 Å². The molecule has 1 heterocycles. The minimum absolute atomic E-state index is 0.124. The molecule has 6 heteroatoms. The van der Waals surface area contributed by atoms with Gasteiger partial charge in [0, 0.05) is 31.0 Å². The number of amides is 1. The van der Waals surface area contributed by atoms with E-state index in [2.05, 4.69) is 42.9 Å². The highest BCUT2D eigenvalue weighted by molar-refractivity contribution is 7.22. The van der Waals surface area contributed by atoms with Gasteiger partial charge in [0.25, 0.3) is 5.91 Å². The second kappa shape index (κ2) is 6.61. The molecule has 5 nitrogen and oxygen atoms in total. The van der Waals surface area contributed by atoms with Crippen molar-refractivity contribution in [2.75, 3.05) is 30.0 Å². The van der Waals surface area contributed by atoms with Crippen LogP contribution in [0, 0.1) is 27.7 Å².